The second-order valence-corrected chi connectivity index (χ2v) is 2.73. The van der Waals surface area contributed by atoms with Crippen LogP contribution in [0.1, 0.15) is 0 Å². The van der Waals surface area contributed by atoms with Crippen LogP contribution in [0.5, 0.6) is 0 Å². The van der Waals surface area contributed by atoms with Gasteiger partial charge in [-0.05, 0) is 11.1 Å². The first-order chi connectivity index (χ1) is 5.97. The van der Waals surface area contributed by atoms with Gasteiger partial charge in [-0.2, -0.15) is 0 Å². The minimum atomic E-state index is 0. The van der Waals surface area contributed by atoms with E-state index in [9.17, 15) is 0 Å². The monoisotopic (exact) mass is 210 g/mol. The molecule has 0 aromatic heterocycles. The summed E-state index contributed by atoms with van der Waals surface area (Å²) in [6.45, 7) is 0. The Kier molecular flexibility index (Phi) is 3.75. The molecule has 0 atom stereocenters. The normalized spacial score (nSPS) is 8.92. The van der Waals surface area contributed by atoms with Gasteiger partial charge in [0.15, 0.2) is 0 Å². The smallest absolute Gasteiger partial charge is 0 e. The molecule has 0 aliphatic carbocycles. The van der Waals surface area contributed by atoms with E-state index in [2.05, 4.69) is 48.5 Å². The van der Waals surface area contributed by atoms with Crippen molar-refractivity contribution in [2.45, 2.75) is 0 Å². The molecule has 0 radical (unpaired) electrons. The molecule has 0 N–H and O–H groups in total. The molecule has 1 heteroatoms. The van der Waals surface area contributed by atoms with Crippen LogP contribution in [0.4, 0.5) is 0 Å². The molecule has 66 valence electrons. The number of hydrogen-bond donors (Lipinski definition) is 0. The van der Waals surface area contributed by atoms with Crippen LogP contribution in [0.15, 0.2) is 60.7 Å². The molecule has 0 bridgehead atoms. The summed E-state index contributed by atoms with van der Waals surface area (Å²) in [5, 5.41) is 0. The van der Waals surface area contributed by atoms with Crippen molar-refractivity contribution < 1.29 is 17.1 Å². The van der Waals surface area contributed by atoms with E-state index in [1.54, 1.807) is 0 Å². The first kappa shape index (κ1) is 10.0. The molecule has 0 saturated carbocycles. The summed E-state index contributed by atoms with van der Waals surface area (Å²) in [5.41, 5.74) is 2.55. The second kappa shape index (κ2) is 4.86. The Morgan fingerprint density at radius 1 is 0.462 bits per heavy atom. The van der Waals surface area contributed by atoms with Gasteiger partial charge >= 0.3 is 0 Å². The van der Waals surface area contributed by atoms with Gasteiger partial charge in [0.2, 0.25) is 0 Å². The molecular formula is C12H10Fe. The zero-order chi connectivity index (χ0) is 8.23. The molecule has 0 saturated heterocycles. The Labute approximate surface area is 89.1 Å². The third-order valence-corrected chi connectivity index (χ3v) is 1.88. The fourth-order valence-electron chi connectivity index (χ4n) is 1.26. The Morgan fingerprint density at radius 3 is 1.08 bits per heavy atom. The van der Waals surface area contributed by atoms with Crippen LogP contribution < -0.4 is 0 Å². The van der Waals surface area contributed by atoms with Gasteiger partial charge in [-0.1, -0.05) is 60.7 Å². The Morgan fingerprint density at radius 2 is 0.769 bits per heavy atom. The predicted octanol–water partition coefficient (Wildman–Crippen LogP) is 3.35. The third kappa shape index (κ3) is 2.45. The number of rotatable bonds is 1. The van der Waals surface area contributed by atoms with Crippen molar-refractivity contribution in [3.05, 3.63) is 60.7 Å². The molecule has 2 rings (SSSR count). The minimum absolute atomic E-state index is 0. The molecule has 0 amide bonds. The zero-order valence-electron chi connectivity index (χ0n) is 7.13. The van der Waals surface area contributed by atoms with Crippen LogP contribution in [0.3, 0.4) is 0 Å². The number of benzene rings is 2. The largest absolute Gasteiger partial charge is 0.0622 e. The summed E-state index contributed by atoms with van der Waals surface area (Å²) in [7, 11) is 0. The van der Waals surface area contributed by atoms with Gasteiger partial charge < -0.3 is 0 Å². The molecule has 0 unspecified atom stereocenters. The van der Waals surface area contributed by atoms with Crippen LogP contribution in [-0.2, 0) is 17.1 Å². The van der Waals surface area contributed by atoms with E-state index in [0.29, 0.717) is 0 Å². The number of hydrogen-bond acceptors (Lipinski definition) is 0. The van der Waals surface area contributed by atoms with Gasteiger partial charge in [-0.15, -0.1) is 0 Å². The minimum Gasteiger partial charge on any atom is -0.0622 e. The van der Waals surface area contributed by atoms with E-state index in [0.717, 1.165) is 0 Å². The van der Waals surface area contributed by atoms with Crippen LogP contribution in [0, 0.1) is 0 Å². The first-order valence-corrected chi connectivity index (χ1v) is 4.07. The van der Waals surface area contributed by atoms with E-state index in [1.807, 2.05) is 12.1 Å². The van der Waals surface area contributed by atoms with Crippen molar-refractivity contribution in [2.24, 2.45) is 0 Å². The van der Waals surface area contributed by atoms with Crippen molar-refractivity contribution in [1.82, 2.24) is 0 Å². The van der Waals surface area contributed by atoms with E-state index in [1.165, 1.54) is 11.1 Å². The van der Waals surface area contributed by atoms with Crippen molar-refractivity contribution in [3.8, 4) is 11.1 Å². The standard InChI is InChI=1S/C12H10.Fe/c1-3-7-11(8-4-1)12-9-5-2-6-10-12;/h1-10H;. The molecule has 13 heavy (non-hydrogen) atoms. The van der Waals surface area contributed by atoms with E-state index < -0.39 is 0 Å². The summed E-state index contributed by atoms with van der Waals surface area (Å²) in [4.78, 5) is 0. The maximum atomic E-state index is 2.12. The fraction of sp³-hybridized carbons (Fsp3) is 0. The van der Waals surface area contributed by atoms with Crippen LogP contribution in [-0.4, -0.2) is 0 Å². The van der Waals surface area contributed by atoms with Crippen LogP contribution in [0.25, 0.3) is 11.1 Å². The van der Waals surface area contributed by atoms with Crippen molar-refractivity contribution >= 4 is 0 Å². The summed E-state index contributed by atoms with van der Waals surface area (Å²) < 4.78 is 0. The van der Waals surface area contributed by atoms with Crippen molar-refractivity contribution in [1.29, 1.82) is 0 Å². The average Bonchev–Trinajstić information content (AvgIpc) is 2.21. The molecule has 0 fully saturated rings. The molecule has 2 aromatic carbocycles. The average molecular weight is 210 g/mol. The van der Waals surface area contributed by atoms with Gasteiger partial charge in [0, 0.05) is 17.1 Å². The van der Waals surface area contributed by atoms with Gasteiger partial charge in [-0.25, -0.2) is 0 Å². The SMILES string of the molecule is [Fe].c1ccc(-c2ccccc2)cc1. The Bertz CT molecular complexity index is 303. The predicted molar refractivity (Wildman–Crippen MR) is 51.9 cm³/mol. The fourth-order valence-corrected chi connectivity index (χ4v) is 1.26. The molecular weight excluding hydrogens is 200 g/mol. The van der Waals surface area contributed by atoms with Gasteiger partial charge in [-0.3, -0.25) is 0 Å². The van der Waals surface area contributed by atoms with E-state index in [-0.39, 0.29) is 17.1 Å². The summed E-state index contributed by atoms with van der Waals surface area (Å²) in [6, 6.07) is 20.8. The molecule has 0 aliphatic heterocycles. The second-order valence-electron chi connectivity index (χ2n) is 2.73. The first-order valence-electron chi connectivity index (χ1n) is 4.07. The quantitative estimate of drug-likeness (QED) is 0.633. The van der Waals surface area contributed by atoms with Crippen LogP contribution in [0.2, 0.25) is 0 Å². The van der Waals surface area contributed by atoms with Crippen LogP contribution >= 0.6 is 0 Å². The van der Waals surface area contributed by atoms with Gasteiger partial charge in [0.1, 0.15) is 0 Å². The summed E-state index contributed by atoms with van der Waals surface area (Å²) in [5.74, 6) is 0. The molecule has 0 nitrogen and oxygen atoms in total. The summed E-state index contributed by atoms with van der Waals surface area (Å²) in [6.07, 6.45) is 0. The van der Waals surface area contributed by atoms with Crippen molar-refractivity contribution in [2.75, 3.05) is 0 Å². The van der Waals surface area contributed by atoms with Gasteiger partial charge in [0.05, 0.1) is 0 Å². The topological polar surface area (TPSA) is 0 Å². The molecule has 0 heterocycles. The van der Waals surface area contributed by atoms with Crippen molar-refractivity contribution in [3.63, 3.8) is 0 Å². The summed E-state index contributed by atoms with van der Waals surface area (Å²) >= 11 is 0. The Hall–Kier alpha value is -1.04. The third-order valence-electron chi connectivity index (χ3n) is 1.88. The zero-order valence-corrected chi connectivity index (χ0v) is 8.23. The molecule has 0 spiro atoms. The van der Waals surface area contributed by atoms with Gasteiger partial charge in [0.25, 0.3) is 0 Å². The Balaban J connectivity index is 0.000000845. The molecule has 0 aliphatic rings. The van der Waals surface area contributed by atoms with E-state index >= 15 is 0 Å². The maximum absolute atomic E-state index is 2.12. The molecule has 2 aromatic rings. The maximum Gasteiger partial charge on any atom is 0 e. The van der Waals surface area contributed by atoms with E-state index in [4.69, 9.17) is 0 Å².